The fraction of sp³-hybridized carbons (Fsp3) is 0.176. The second-order valence-electron chi connectivity index (χ2n) is 4.65. The Morgan fingerprint density at radius 3 is 2.47 bits per heavy atom. The lowest BCUT2D eigenvalue weighted by Gasteiger charge is -2.16. The van der Waals surface area contributed by atoms with Crippen molar-refractivity contribution in [2.45, 2.75) is 4.90 Å². The first-order valence-corrected chi connectivity index (χ1v) is 8.16. The Morgan fingerprint density at radius 1 is 1.00 bits per heavy atom. The zero-order valence-electron chi connectivity index (χ0n) is 11.2. The summed E-state index contributed by atoms with van der Waals surface area (Å²) in [6, 6.07) is 17.1. The van der Waals surface area contributed by atoms with Crippen LogP contribution in [0, 0.1) is 0 Å². The maximum atomic E-state index is 5.22. The van der Waals surface area contributed by atoms with Crippen LogP contribution in [0.25, 0.3) is 5.57 Å². The van der Waals surface area contributed by atoms with Gasteiger partial charge in [0.1, 0.15) is 17.8 Å². The van der Waals surface area contributed by atoms with Gasteiger partial charge in [-0.1, -0.05) is 24.3 Å². The van der Waals surface area contributed by atoms with Crippen molar-refractivity contribution < 1.29 is 4.74 Å². The van der Waals surface area contributed by atoms with Crippen LogP contribution in [-0.2, 0) is 10.9 Å². The summed E-state index contributed by atoms with van der Waals surface area (Å²) in [6.07, 6.45) is 4.69. The molecule has 0 radical (unpaired) electrons. The van der Waals surface area contributed by atoms with Gasteiger partial charge in [0.15, 0.2) is 4.90 Å². The Balaban J connectivity index is 2.05. The fourth-order valence-corrected chi connectivity index (χ4v) is 3.91. The number of fused-ring (bicyclic) bond motifs is 1. The highest BCUT2D eigenvalue weighted by molar-refractivity contribution is 7.96. The molecule has 0 N–H and O–H groups in total. The molecule has 1 aliphatic heterocycles. The molecule has 0 saturated carbocycles. The van der Waals surface area contributed by atoms with Crippen LogP contribution in [0.1, 0.15) is 11.1 Å². The van der Waals surface area contributed by atoms with E-state index in [1.165, 1.54) is 21.6 Å². The van der Waals surface area contributed by atoms with E-state index in [9.17, 15) is 0 Å². The monoisotopic (exact) mass is 269 g/mol. The molecule has 19 heavy (non-hydrogen) atoms. The van der Waals surface area contributed by atoms with Gasteiger partial charge in [-0.05, 0) is 41.5 Å². The van der Waals surface area contributed by atoms with Crippen LogP contribution in [0.5, 0.6) is 5.75 Å². The van der Waals surface area contributed by atoms with Gasteiger partial charge in [-0.25, -0.2) is 0 Å². The lowest BCUT2D eigenvalue weighted by Crippen LogP contribution is -2.12. The van der Waals surface area contributed by atoms with E-state index < -0.39 is 0 Å². The summed E-state index contributed by atoms with van der Waals surface area (Å²) in [5.41, 5.74) is 4.00. The van der Waals surface area contributed by atoms with Crippen molar-refractivity contribution in [3.63, 3.8) is 0 Å². The Morgan fingerprint density at radius 2 is 1.74 bits per heavy atom. The summed E-state index contributed by atoms with van der Waals surface area (Å²) < 4.78 is 5.22. The van der Waals surface area contributed by atoms with Crippen LogP contribution in [0.3, 0.4) is 0 Å². The molecule has 0 fully saturated rings. The Hall–Kier alpha value is -1.67. The molecular formula is C17H17OS+. The van der Waals surface area contributed by atoms with Crippen LogP contribution in [-0.4, -0.2) is 19.1 Å². The van der Waals surface area contributed by atoms with Gasteiger partial charge in [-0.2, -0.15) is 0 Å². The average Bonchev–Trinajstić information content (AvgIpc) is 2.48. The van der Waals surface area contributed by atoms with Gasteiger partial charge in [-0.3, -0.25) is 0 Å². The first-order valence-electron chi connectivity index (χ1n) is 6.36. The first kappa shape index (κ1) is 12.4. The molecule has 1 atom stereocenters. The summed E-state index contributed by atoms with van der Waals surface area (Å²) in [7, 11) is 2.03. The Kier molecular flexibility index (Phi) is 3.34. The minimum absolute atomic E-state index is 0.333. The molecule has 1 nitrogen and oxygen atoms in total. The van der Waals surface area contributed by atoms with Crippen LogP contribution in [0.15, 0.2) is 59.5 Å². The fourth-order valence-electron chi connectivity index (χ4n) is 2.45. The molecule has 0 bridgehead atoms. The SMILES string of the molecule is COc1ccc(C2=CC[S+](C)c3ccccc32)cc1. The third-order valence-corrected chi connectivity index (χ3v) is 5.26. The Bertz CT molecular complexity index is 613. The third-order valence-electron chi connectivity index (χ3n) is 3.49. The summed E-state index contributed by atoms with van der Waals surface area (Å²) in [5.74, 6) is 2.04. The van der Waals surface area contributed by atoms with E-state index >= 15 is 0 Å². The molecule has 2 aromatic rings. The summed E-state index contributed by atoms with van der Waals surface area (Å²) in [6.45, 7) is 0. The van der Waals surface area contributed by atoms with Crippen molar-refractivity contribution in [2.75, 3.05) is 19.1 Å². The number of benzene rings is 2. The molecule has 0 amide bonds. The average molecular weight is 269 g/mol. The van der Waals surface area contributed by atoms with Crippen LogP contribution < -0.4 is 4.74 Å². The van der Waals surface area contributed by atoms with Gasteiger partial charge in [0, 0.05) is 16.5 Å². The highest BCUT2D eigenvalue weighted by Crippen LogP contribution is 2.34. The van der Waals surface area contributed by atoms with Crippen molar-refractivity contribution in [3.8, 4) is 5.75 Å². The lowest BCUT2D eigenvalue weighted by atomic mass is 9.97. The summed E-state index contributed by atoms with van der Waals surface area (Å²) in [4.78, 5) is 1.48. The predicted molar refractivity (Wildman–Crippen MR) is 82.9 cm³/mol. The third kappa shape index (κ3) is 2.28. The van der Waals surface area contributed by atoms with Crippen molar-refractivity contribution in [3.05, 3.63) is 65.7 Å². The van der Waals surface area contributed by atoms with Gasteiger partial charge in [0.25, 0.3) is 0 Å². The number of hydrogen-bond donors (Lipinski definition) is 0. The zero-order valence-corrected chi connectivity index (χ0v) is 12.0. The molecule has 1 heterocycles. The summed E-state index contributed by atoms with van der Waals surface area (Å²) >= 11 is 0. The normalized spacial score (nSPS) is 17.6. The number of methoxy groups -OCH3 is 1. The number of ether oxygens (including phenoxy) is 1. The quantitative estimate of drug-likeness (QED) is 0.755. The molecule has 2 heteroatoms. The minimum Gasteiger partial charge on any atom is -0.497 e. The summed E-state index contributed by atoms with van der Waals surface area (Å²) in [5, 5.41) is 0. The maximum absolute atomic E-state index is 5.22. The Labute approximate surface area is 117 Å². The van der Waals surface area contributed by atoms with E-state index in [1.54, 1.807) is 7.11 Å². The molecule has 1 aliphatic rings. The molecule has 0 aliphatic carbocycles. The van der Waals surface area contributed by atoms with Crippen molar-refractivity contribution in [2.24, 2.45) is 0 Å². The van der Waals surface area contributed by atoms with Gasteiger partial charge in [0.05, 0.1) is 7.11 Å². The van der Waals surface area contributed by atoms with E-state index in [0.29, 0.717) is 10.9 Å². The molecule has 0 spiro atoms. The second kappa shape index (κ2) is 5.14. The van der Waals surface area contributed by atoms with E-state index in [0.717, 1.165) is 11.5 Å². The highest BCUT2D eigenvalue weighted by Gasteiger charge is 2.25. The molecule has 3 rings (SSSR count). The standard InChI is InChI=1S/C17H17OS/c1-18-14-9-7-13(8-10-14)15-11-12-19(2)17-6-4-3-5-16(15)17/h3-11H,12H2,1-2H3/q+1. The molecule has 0 saturated heterocycles. The van der Waals surface area contributed by atoms with Crippen LogP contribution >= 0.6 is 0 Å². The van der Waals surface area contributed by atoms with Crippen LogP contribution in [0.2, 0.25) is 0 Å². The molecule has 96 valence electrons. The van der Waals surface area contributed by atoms with Crippen molar-refractivity contribution >= 4 is 16.5 Å². The van der Waals surface area contributed by atoms with E-state index in [1.807, 2.05) is 12.1 Å². The molecular weight excluding hydrogens is 252 g/mol. The van der Waals surface area contributed by atoms with E-state index in [4.69, 9.17) is 4.74 Å². The van der Waals surface area contributed by atoms with Gasteiger partial charge in [-0.15, -0.1) is 0 Å². The van der Waals surface area contributed by atoms with Gasteiger partial charge < -0.3 is 4.74 Å². The topological polar surface area (TPSA) is 9.23 Å². The highest BCUT2D eigenvalue weighted by atomic mass is 32.2. The van der Waals surface area contributed by atoms with Crippen LogP contribution in [0.4, 0.5) is 0 Å². The zero-order chi connectivity index (χ0) is 13.2. The largest absolute Gasteiger partial charge is 0.497 e. The number of rotatable bonds is 2. The first-order chi connectivity index (χ1) is 9.29. The van der Waals surface area contributed by atoms with Gasteiger partial charge in [0.2, 0.25) is 0 Å². The maximum Gasteiger partial charge on any atom is 0.162 e. The molecule has 2 aromatic carbocycles. The minimum atomic E-state index is 0.333. The van der Waals surface area contributed by atoms with Crippen molar-refractivity contribution in [1.29, 1.82) is 0 Å². The molecule has 0 aromatic heterocycles. The molecule has 1 unspecified atom stereocenters. The van der Waals surface area contributed by atoms with E-state index in [2.05, 4.69) is 48.7 Å². The van der Waals surface area contributed by atoms with E-state index in [-0.39, 0.29) is 0 Å². The number of hydrogen-bond acceptors (Lipinski definition) is 1. The predicted octanol–water partition coefficient (Wildman–Crippen LogP) is 3.75. The smallest absolute Gasteiger partial charge is 0.162 e. The van der Waals surface area contributed by atoms with Gasteiger partial charge >= 0.3 is 0 Å². The second-order valence-corrected chi connectivity index (χ2v) is 6.69. The van der Waals surface area contributed by atoms with Crippen molar-refractivity contribution in [1.82, 2.24) is 0 Å². The lowest BCUT2D eigenvalue weighted by molar-refractivity contribution is 0.415.